The first-order valence-electron chi connectivity index (χ1n) is 8.65. The fourth-order valence-electron chi connectivity index (χ4n) is 3.39. The van der Waals surface area contributed by atoms with E-state index >= 15 is 0 Å². The van der Waals surface area contributed by atoms with Gasteiger partial charge >= 0.3 is 0 Å². The van der Waals surface area contributed by atoms with E-state index in [1.165, 1.54) is 0 Å². The third-order valence-electron chi connectivity index (χ3n) is 4.84. The summed E-state index contributed by atoms with van der Waals surface area (Å²) in [4.78, 5) is 19.2. The van der Waals surface area contributed by atoms with Crippen LogP contribution in [0.3, 0.4) is 0 Å². The highest BCUT2D eigenvalue weighted by Crippen LogP contribution is 2.36. The van der Waals surface area contributed by atoms with Crippen LogP contribution < -0.4 is 4.90 Å². The molecule has 5 heteroatoms. The summed E-state index contributed by atoms with van der Waals surface area (Å²) >= 11 is 3.42. The Labute approximate surface area is 166 Å². The summed E-state index contributed by atoms with van der Waals surface area (Å²) in [5.41, 5.74) is 6.46. The molecule has 0 aliphatic carbocycles. The molecule has 27 heavy (non-hydrogen) atoms. The van der Waals surface area contributed by atoms with E-state index in [0.29, 0.717) is 17.7 Å². The average Bonchev–Trinajstić information content (AvgIpc) is 3.17. The summed E-state index contributed by atoms with van der Waals surface area (Å²) in [6, 6.07) is 17.3. The van der Waals surface area contributed by atoms with Gasteiger partial charge in [-0.3, -0.25) is 9.78 Å². The van der Waals surface area contributed by atoms with Crippen LogP contribution >= 0.6 is 15.9 Å². The second kappa shape index (κ2) is 7.34. The van der Waals surface area contributed by atoms with Crippen molar-refractivity contribution in [3.05, 3.63) is 83.2 Å². The molecule has 0 atom stereocenters. The summed E-state index contributed by atoms with van der Waals surface area (Å²) in [7, 11) is 0. The molecule has 132 valence electrons. The van der Waals surface area contributed by atoms with Crippen LogP contribution in [0.2, 0.25) is 0 Å². The van der Waals surface area contributed by atoms with Gasteiger partial charge in [-0.2, -0.15) is 5.26 Å². The Morgan fingerprint density at radius 1 is 1.11 bits per heavy atom. The van der Waals surface area contributed by atoms with Gasteiger partial charge in [0.05, 0.1) is 23.5 Å². The molecule has 0 saturated carbocycles. The fraction of sp³-hybridized carbons (Fsp3) is 0.136. The summed E-state index contributed by atoms with van der Waals surface area (Å²) in [5, 5.41) is 9.75. The molecular formula is C22H16BrN3O. The lowest BCUT2D eigenvalue weighted by Gasteiger charge is -2.18. The summed E-state index contributed by atoms with van der Waals surface area (Å²) < 4.78 is 0. The molecule has 1 aliphatic rings. The van der Waals surface area contributed by atoms with Gasteiger partial charge in [0.25, 0.3) is 5.91 Å². The Morgan fingerprint density at radius 3 is 2.52 bits per heavy atom. The number of nitriles is 1. The van der Waals surface area contributed by atoms with Crippen molar-refractivity contribution in [3.63, 3.8) is 0 Å². The number of aromatic nitrogens is 1. The molecule has 4 nitrogen and oxygen atoms in total. The molecule has 0 fully saturated rings. The van der Waals surface area contributed by atoms with Crippen molar-refractivity contribution < 1.29 is 4.79 Å². The standard InChI is InChI=1S/C22H16BrN3O/c23-11-15-1-7-18(8-2-15)22(27)26-10-9-19-20(13-25-14-21(19)26)17-5-3-16(12-24)4-6-17/h1-8,13-14H,9-11H2. The van der Waals surface area contributed by atoms with Crippen molar-refractivity contribution in [2.75, 3.05) is 11.4 Å². The van der Waals surface area contributed by atoms with Gasteiger partial charge in [0.15, 0.2) is 0 Å². The van der Waals surface area contributed by atoms with Crippen molar-refractivity contribution in [2.45, 2.75) is 11.8 Å². The van der Waals surface area contributed by atoms with Crippen LogP contribution in [0.1, 0.15) is 27.0 Å². The van der Waals surface area contributed by atoms with Crippen LogP contribution in [-0.4, -0.2) is 17.4 Å². The highest BCUT2D eigenvalue weighted by atomic mass is 79.9. The van der Waals surface area contributed by atoms with Gasteiger partial charge in [0.1, 0.15) is 0 Å². The second-order valence-electron chi connectivity index (χ2n) is 6.41. The number of alkyl halides is 1. The second-order valence-corrected chi connectivity index (χ2v) is 6.97. The number of nitrogens with zero attached hydrogens (tertiary/aromatic N) is 3. The van der Waals surface area contributed by atoms with Crippen LogP contribution in [0.15, 0.2) is 60.9 Å². The first-order chi connectivity index (χ1) is 13.2. The monoisotopic (exact) mass is 417 g/mol. The number of carbonyl (C=O) groups is 1. The number of anilines is 1. The van der Waals surface area contributed by atoms with E-state index in [4.69, 9.17) is 5.26 Å². The highest BCUT2D eigenvalue weighted by molar-refractivity contribution is 9.08. The van der Waals surface area contributed by atoms with Crippen LogP contribution in [-0.2, 0) is 11.8 Å². The number of carbonyl (C=O) groups excluding carboxylic acids is 1. The molecule has 0 spiro atoms. The predicted molar refractivity (Wildman–Crippen MR) is 109 cm³/mol. The van der Waals surface area contributed by atoms with Crippen LogP contribution in [0.5, 0.6) is 0 Å². The molecule has 0 unspecified atom stereocenters. The molecule has 0 saturated heterocycles. The number of amides is 1. The summed E-state index contributed by atoms with van der Waals surface area (Å²) in [6.45, 7) is 0.642. The van der Waals surface area contributed by atoms with E-state index in [1.54, 1.807) is 23.2 Å². The minimum atomic E-state index is -0.00588. The Bertz CT molecular complexity index is 1040. The number of hydrogen-bond acceptors (Lipinski definition) is 3. The lowest BCUT2D eigenvalue weighted by Crippen LogP contribution is -2.28. The molecule has 1 amide bonds. The predicted octanol–water partition coefficient (Wildman–Crippen LogP) is 4.72. The van der Waals surface area contributed by atoms with Gasteiger partial charge < -0.3 is 4.90 Å². The number of benzene rings is 2. The highest BCUT2D eigenvalue weighted by Gasteiger charge is 2.28. The van der Waals surface area contributed by atoms with Crippen molar-refractivity contribution in [1.82, 2.24) is 4.98 Å². The molecule has 0 bridgehead atoms. The maximum absolute atomic E-state index is 13.0. The minimum absolute atomic E-state index is 0.00588. The Kier molecular flexibility index (Phi) is 4.74. The summed E-state index contributed by atoms with van der Waals surface area (Å²) in [5.74, 6) is -0.00588. The molecule has 2 aromatic carbocycles. The van der Waals surface area contributed by atoms with E-state index in [-0.39, 0.29) is 5.91 Å². The van der Waals surface area contributed by atoms with Crippen LogP contribution in [0, 0.1) is 11.3 Å². The third kappa shape index (κ3) is 3.24. The van der Waals surface area contributed by atoms with Crippen molar-refractivity contribution >= 4 is 27.5 Å². The lowest BCUT2D eigenvalue weighted by atomic mass is 9.99. The maximum atomic E-state index is 13.0. The number of pyridine rings is 1. The molecule has 2 heterocycles. The smallest absolute Gasteiger partial charge is 0.258 e. The van der Waals surface area contributed by atoms with Gasteiger partial charge in [0.2, 0.25) is 0 Å². The van der Waals surface area contributed by atoms with Gasteiger partial charge in [-0.25, -0.2) is 0 Å². The van der Waals surface area contributed by atoms with Gasteiger partial charge in [-0.1, -0.05) is 40.2 Å². The molecular weight excluding hydrogens is 402 g/mol. The number of hydrogen-bond donors (Lipinski definition) is 0. The first-order valence-corrected chi connectivity index (χ1v) is 9.77. The van der Waals surface area contributed by atoms with Gasteiger partial charge in [-0.05, 0) is 47.4 Å². The van der Waals surface area contributed by atoms with E-state index in [2.05, 4.69) is 27.0 Å². The largest absolute Gasteiger partial charge is 0.306 e. The zero-order chi connectivity index (χ0) is 18.8. The zero-order valence-electron chi connectivity index (χ0n) is 14.5. The van der Waals surface area contributed by atoms with Crippen LogP contribution in [0.25, 0.3) is 11.1 Å². The van der Waals surface area contributed by atoms with Crippen molar-refractivity contribution in [2.24, 2.45) is 0 Å². The third-order valence-corrected chi connectivity index (χ3v) is 5.48. The van der Waals surface area contributed by atoms with Crippen LogP contribution in [0.4, 0.5) is 5.69 Å². The lowest BCUT2D eigenvalue weighted by molar-refractivity contribution is 0.0989. The van der Waals surface area contributed by atoms with E-state index < -0.39 is 0 Å². The Balaban J connectivity index is 1.67. The number of fused-ring (bicyclic) bond motifs is 1. The average molecular weight is 418 g/mol. The van der Waals surface area contributed by atoms with E-state index in [0.717, 1.165) is 39.7 Å². The normalized spacial score (nSPS) is 12.5. The minimum Gasteiger partial charge on any atom is -0.306 e. The number of halogens is 1. The van der Waals surface area contributed by atoms with Crippen molar-refractivity contribution in [3.8, 4) is 17.2 Å². The van der Waals surface area contributed by atoms with E-state index in [9.17, 15) is 4.79 Å². The molecule has 0 radical (unpaired) electrons. The Hall–Kier alpha value is -2.97. The Morgan fingerprint density at radius 2 is 1.85 bits per heavy atom. The maximum Gasteiger partial charge on any atom is 0.258 e. The molecule has 1 aromatic heterocycles. The summed E-state index contributed by atoms with van der Waals surface area (Å²) in [6.07, 6.45) is 4.39. The zero-order valence-corrected chi connectivity index (χ0v) is 16.1. The molecule has 1 aliphatic heterocycles. The quantitative estimate of drug-likeness (QED) is 0.579. The SMILES string of the molecule is N#Cc1ccc(-c2cncc3c2CCN3C(=O)c2ccc(CBr)cc2)cc1. The topological polar surface area (TPSA) is 57.0 Å². The van der Waals surface area contributed by atoms with Gasteiger partial charge in [0, 0.05) is 29.2 Å². The van der Waals surface area contributed by atoms with E-state index in [1.807, 2.05) is 42.6 Å². The van der Waals surface area contributed by atoms with Crippen molar-refractivity contribution in [1.29, 1.82) is 5.26 Å². The van der Waals surface area contributed by atoms with Gasteiger partial charge in [-0.15, -0.1) is 0 Å². The molecule has 4 rings (SSSR count). The number of rotatable bonds is 3. The molecule has 3 aromatic rings. The molecule has 0 N–H and O–H groups in total. The fourth-order valence-corrected chi connectivity index (χ4v) is 3.77. The first kappa shape index (κ1) is 17.4.